The van der Waals surface area contributed by atoms with Gasteiger partial charge in [0.25, 0.3) is 0 Å². The van der Waals surface area contributed by atoms with Crippen LogP contribution in [0.4, 0.5) is 5.69 Å². The van der Waals surface area contributed by atoms with Gasteiger partial charge in [-0.25, -0.2) is 0 Å². The first kappa shape index (κ1) is 12.4. The Balaban J connectivity index is 2.07. The standard InChI is InChI=1S/C12H8BrClN2S/c13-9-4-11(17-7-9)6-16-10-1-2-12(14)8(3-10)5-15/h1-4,7,16H,6H2. The minimum Gasteiger partial charge on any atom is -0.380 e. The van der Waals surface area contributed by atoms with Crippen LogP contribution in [0.5, 0.6) is 0 Å². The van der Waals surface area contributed by atoms with E-state index in [1.807, 2.05) is 11.4 Å². The van der Waals surface area contributed by atoms with Gasteiger partial charge in [0.2, 0.25) is 0 Å². The van der Waals surface area contributed by atoms with Crippen molar-refractivity contribution in [1.82, 2.24) is 0 Å². The predicted molar refractivity (Wildman–Crippen MR) is 75.5 cm³/mol. The summed E-state index contributed by atoms with van der Waals surface area (Å²) in [5, 5.41) is 14.6. The molecule has 2 aromatic rings. The number of hydrogen-bond donors (Lipinski definition) is 1. The zero-order valence-electron chi connectivity index (χ0n) is 8.71. The molecule has 5 heteroatoms. The fraction of sp³-hybridized carbons (Fsp3) is 0.0833. The van der Waals surface area contributed by atoms with Crippen LogP contribution in [0, 0.1) is 11.3 Å². The third-order valence-electron chi connectivity index (χ3n) is 2.18. The summed E-state index contributed by atoms with van der Waals surface area (Å²) >= 11 is 11.0. The van der Waals surface area contributed by atoms with Crippen LogP contribution in [0.15, 0.2) is 34.1 Å². The molecule has 0 amide bonds. The second-order valence-corrected chi connectivity index (χ2v) is 5.71. The van der Waals surface area contributed by atoms with Gasteiger partial charge in [-0.15, -0.1) is 11.3 Å². The number of nitrogens with zero attached hydrogens (tertiary/aromatic N) is 1. The highest BCUT2D eigenvalue weighted by molar-refractivity contribution is 9.10. The Morgan fingerprint density at radius 3 is 2.88 bits per heavy atom. The van der Waals surface area contributed by atoms with Crippen molar-refractivity contribution in [2.45, 2.75) is 6.54 Å². The summed E-state index contributed by atoms with van der Waals surface area (Å²) in [5.74, 6) is 0. The number of hydrogen-bond acceptors (Lipinski definition) is 3. The highest BCUT2D eigenvalue weighted by Crippen LogP contribution is 2.23. The van der Waals surface area contributed by atoms with Crippen molar-refractivity contribution >= 4 is 44.6 Å². The molecule has 0 aliphatic rings. The summed E-state index contributed by atoms with van der Waals surface area (Å²) in [7, 11) is 0. The van der Waals surface area contributed by atoms with E-state index >= 15 is 0 Å². The zero-order valence-corrected chi connectivity index (χ0v) is 11.9. The maximum Gasteiger partial charge on any atom is 0.101 e. The van der Waals surface area contributed by atoms with Gasteiger partial charge >= 0.3 is 0 Å². The van der Waals surface area contributed by atoms with Gasteiger partial charge in [0.05, 0.1) is 10.6 Å². The van der Waals surface area contributed by atoms with Crippen molar-refractivity contribution in [3.05, 3.63) is 49.6 Å². The smallest absolute Gasteiger partial charge is 0.101 e. The predicted octanol–water partition coefficient (Wildman–Crippen LogP) is 4.65. The molecule has 0 unspecified atom stereocenters. The SMILES string of the molecule is N#Cc1cc(NCc2cc(Br)cs2)ccc1Cl. The quantitative estimate of drug-likeness (QED) is 0.891. The Morgan fingerprint density at radius 1 is 1.41 bits per heavy atom. The van der Waals surface area contributed by atoms with Crippen molar-refractivity contribution in [2.75, 3.05) is 5.32 Å². The first-order valence-corrected chi connectivity index (χ1v) is 6.90. The van der Waals surface area contributed by atoms with Gasteiger partial charge < -0.3 is 5.32 Å². The summed E-state index contributed by atoms with van der Waals surface area (Å²) in [6.45, 7) is 0.739. The van der Waals surface area contributed by atoms with E-state index in [0.717, 1.165) is 16.7 Å². The number of anilines is 1. The average Bonchev–Trinajstić information content (AvgIpc) is 2.74. The van der Waals surface area contributed by atoms with Crippen LogP contribution in [0.2, 0.25) is 5.02 Å². The Kier molecular flexibility index (Phi) is 4.06. The summed E-state index contributed by atoms with van der Waals surface area (Å²) in [5.41, 5.74) is 1.39. The van der Waals surface area contributed by atoms with Gasteiger partial charge in [0.15, 0.2) is 0 Å². The number of rotatable bonds is 3. The van der Waals surface area contributed by atoms with Gasteiger partial charge in [-0.2, -0.15) is 5.26 Å². The zero-order chi connectivity index (χ0) is 12.3. The lowest BCUT2D eigenvalue weighted by Gasteiger charge is -2.05. The van der Waals surface area contributed by atoms with Gasteiger partial charge in [-0.3, -0.25) is 0 Å². The maximum atomic E-state index is 8.87. The Hall–Kier alpha value is -1.02. The fourth-order valence-electron chi connectivity index (χ4n) is 1.36. The van der Waals surface area contributed by atoms with Crippen LogP contribution < -0.4 is 5.32 Å². The van der Waals surface area contributed by atoms with E-state index in [4.69, 9.17) is 16.9 Å². The molecule has 86 valence electrons. The number of nitriles is 1. The first-order chi connectivity index (χ1) is 8.19. The number of halogens is 2. The maximum absolute atomic E-state index is 8.87. The van der Waals surface area contributed by atoms with Crippen LogP contribution in [-0.2, 0) is 6.54 Å². The minimum atomic E-state index is 0.483. The van der Waals surface area contributed by atoms with Crippen LogP contribution in [0.1, 0.15) is 10.4 Å². The molecule has 1 aromatic carbocycles. The number of thiophene rings is 1. The van der Waals surface area contributed by atoms with Crippen LogP contribution >= 0.6 is 38.9 Å². The van der Waals surface area contributed by atoms with Crippen molar-refractivity contribution in [2.24, 2.45) is 0 Å². The lowest BCUT2D eigenvalue weighted by Crippen LogP contribution is -1.97. The van der Waals surface area contributed by atoms with Crippen molar-refractivity contribution in [1.29, 1.82) is 5.26 Å². The molecule has 0 saturated heterocycles. The Morgan fingerprint density at radius 2 is 2.24 bits per heavy atom. The Bertz CT molecular complexity index is 574. The van der Waals surface area contributed by atoms with E-state index in [0.29, 0.717) is 10.6 Å². The molecule has 0 atom stereocenters. The van der Waals surface area contributed by atoms with Crippen molar-refractivity contribution in [3.8, 4) is 6.07 Å². The molecule has 1 heterocycles. The van der Waals surface area contributed by atoms with E-state index in [2.05, 4.69) is 33.4 Å². The average molecular weight is 328 g/mol. The molecule has 0 aliphatic carbocycles. The molecule has 0 aliphatic heterocycles. The lowest BCUT2D eigenvalue weighted by molar-refractivity contribution is 1.19. The van der Waals surface area contributed by atoms with Gasteiger partial charge in [-0.05, 0) is 40.2 Å². The van der Waals surface area contributed by atoms with Gasteiger partial charge in [0.1, 0.15) is 6.07 Å². The third kappa shape index (κ3) is 3.22. The topological polar surface area (TPSA) is 35.8 Å². The second-order valence-electron chi connectivity index (χ2n) is 3.39. The van der Waals surface area contributed by atoms with Crippen LogP contribution in [0.3, 0.4) is 0 Å². The summed E-state index contributed by atoms with van der Waals surface area (Å²) in [6.07, 6.45) is 0. The highest BCUT2D eigenvalue weighted by Gasteiger charge is 2.02. The van der Waals surface area contributed by atoms with Crippen LogP contribution in [-0.4, -0.2) is 0 Å². The molecule has 2 nitrogen and oxygen atoms in total. The molecular weight excluding hydrogens is 320 g/mol. The second kappa shape index (κ2) is 5.54. The fourth-order valence-corrected chi connectivity index (χ4v) is 2.91. The minimum absolute atomic E-state index is 0.483. The number of nitrogens with one attached hydrogen (secondary N) is 1. The molecule has 1 N–H and O–H groups in total. The van der Waals surface area contributed by atoms with E-state index in [1.54, 1.807) is 23.5 Å². The summed E-state index contributed by atoms with van der Waals surface area (Å²) in [6, 6.07) is 9.48. The largest absolute Gasteiger partial charge is 0.380 e. The molecule has 1 aromatic heterocycles. The van der Waals surface area contributed by atoms with Gasteiger partial charge in [-0.1, -0.05) is 11.6 Å². The molecule has 17 heavy (non-hydrogen) atoms. The monoisotopic (exact) mass is 326 g/mol. The molecule has 0 spiro atoms. The van der Waals surface area contributed by atoms with E-state index in [-0.39, 0.29) is 0 Å². The summed E-state index contributed by atoms with van der Waals surface area (Å²) < 4.78 is 1.09. The normalized spacial score (nSPS) is 9.94. The van der Waals surface area contributed by atoms with E-state index in [9.17, 15) is 0 Å². The number of benzene rings is 1. The summed E-state index contributed by atoms with van der Waals surface area (Å²) in [4.78, 5) is 1.23. The van der Waals surface area contributed by atoms with Crippen LogP contribution in [0.25, 0.3) is 0 Å². The first-order valence-electron chi connectivity index (χ1n) is 4.85. The molecule has 0 bridgehead atoms. The van der Waals surface area contributed by atoms with Crippen molar-refractivity contribution in [3.63, 3.8) is 0 Å². The molecule has 0 fully saturated rings. The van der Waals surface area contributed by atoms with E-state index in [1.165, 1.54) is 4.88 Å². The van der Waals surface area contributed by atoms with E-state index < -0.39 is 0 Å². The third-order valence-corrected chi connectivity index (χ3v) is 4.20. The Labute approximate surface area is 117 Å². The molecule has 2 rings (SSSR count). The lowest BCUT2D eigenvalue weighted by atomic mass is 10.2. The molecule has 0 radical (unpaired) electrons. The molecule has 0 saturated carbocycles. The van der Waals surface area contributed by atoms with Gasteiger partial charge in [0, 0.05) is 27.0 Å². The molecular formula is C12H8BrClN2S. The highest BCUT2D eigenvalue weighted by atomic mass is 79.9. The van der Waals surface area contributed by atoms with Crippen molar-refractivity contribution < 1.29 is 0 Å².